The third kappa shape index (κ3) is 5.43. The van der Waals surface area contributed by atoms with Crippen LogP contribution in [0.15, 0.2) is 48.5 Å². The highest BCUT2D eigenvalue weighted by Gasteiger charge is 2.36. The first kappa shape index (κ1) is 27.7. The van der Waals surface area contributed by atoms with E-state index in [0.29, 0.717) is 18.7 Å². The number of benzene rings is 3. The molecule has 7 heteroatoms. The lowest BCUT2D eigenvalue weighted by Crippen LogP contribution is -2.39. The highest BCUT2D eigenvalue weighted by atomic mass is 16.6. The fourth-order valence-corrected chi connectivity index (χ4v) is 5.74. The predicted molar refractivity (Wildman–Crippen MR) is 155 cm³/mol. The van der Waals surface area contributed by atoms with Gasteiger partial charge in [0.15, 0.2) is 6.10 Å². The Kier molecular flexibility index (Phi) is 7.60. The Hall–Kier alpha value is -3.84. The number of ether oxygens (including phenoxy) is 3. The summed E-state index contributed by atoms with van der Waals surface area (Å²) in [5.74, 6) is 0.424. The van der Waals surface area contributed by atoms with Crippen LogP contribution in [0.5, 0.6) is 5.75 Å². The Morgan fingerprint density at radius 1 is 1.10 bits per heavy atom. The van der Waals surface area contributed by atoms with Gasteiger partial charge in [0.05, 0.1) is 31.5 Å². The van der Waals surface area contributed by atoms with Crippen molar-refractivity contribution in [3.63, 3.8) is 0 Å². The molecule has 40 heavy (non-hydrogen) atoms. The van der Waals surface area contributed by atoms with Gasteiger partial charge in [0.1, 0.15) is 5.75 Å². The van der Waals surface area contributed by atoms with Crippen LogP contribution in [-0.4, -0.2) is 36.2 Å². The molecule has 2 amide bonds. The second-order valence-corrected chi connectivity index (χ2v) is 11.6. The highest BCUT2D eigenvalue weighted by molar-refractivity contribution is 5.97. The van der Waals surface area contributed by atoms with Crippen LogP contribution in [0.1, 0.15) is 66.7 Å². The molecule has 0 aliphatic carbocycles. The van der Waals surface area contributed by atoms with Crippen molar-refractivity contribution in [1.82, 2.24) is 4.90 Å². The van der Waals surface area contributed by atoms with E-state index in [1.807, 2.05) is 69.0 Å². The minimum absolute atomic E-state index is 0.171. The zero-order valence-corrected chi connectivity index (χ0v) is 24.2. The zero-order chi connectivity index (χ0) is 28.6. The van der Waals surface area contributed by atoms with Gasteiger partial charge < -0.3 is 24.4 Å². The van der Waals surface area contributed by atoms with E-state index in [1.165, 1.54) is 7.11 Å². The summed E-state index contributed by atoms with van der Waals surface area (Å²) in [6.07, 6.45) is 0.918. The minimum atomic E-state index is -0.976. The molecule has 1 N–H and O–H groups in total. The summed E-state index contributed by atoms with van der Waals surface area (Å²) in [5.41, 5.74) is 7.78. The molecule has 3 aromatic rings. The summed E-state index contributed by atoms with van der Waals surface area (Å²) in [6, 6.07) is 16.0. The molecule has 0 spiro atoms. The molecule has 0 bridgehead atoms. The number of anilines is 1. The lowest BCUT2D eigenvalue weighted by atomic mass is 9.83. The first-order valence-corrected chi connectivity index (χ1v) is 13.8. The van der Waals surface area contributed by atoms with Crippen LogP contribution in [0.25, 0.3) is 11.1 Å². The van der Waals surface area contributed by atoms with Crippen LogP contribution >= 0.6 is 0 Å². The lowest BCUT2D eigenvalue weighted by Gasteiger charge is -2.36. The molecule has 0 saturated carbocycles. The standard InChI is InChI=1S/C33H38N2O5/c1-20-25-19-35(18-22-11-8-7-9-12-22)32(37)34-29(25)21(2)28(30(31(36)38-6)40-33(3,4)5)27(20)24-14-15-26-23(17-24)13-10-16-39-26/h7-9,11-12,14-15,17,30H,10,13,16,18-19H2,1-6H3,(H,34,37). The quantitative estimate of drug-likeness (QED) is 0.344. The molecule has 1 atom stereocenters. The summed E-state index contributed by atoms with van der Waals surface area (Å²) in [5, 5.41) is 3.14. The normalized spacial score (nSPS) is 15.4. The highest BCUT2D eigenvalue weighted by Crippen LogP contribution is 2.45. The van der Waals surface area contributed by atoms with E-state index >= 15 is 0 Å². The molecule has 3 aromatic carbocycles. The molecule has 7 nitrogen and oxygen atoms in total. The molecule has 2 aliphatic rings. The van der Waals surface area contributed by atoms with Crippen molar-refractivity contribution in [3.8, 4) is 16.9 Å². The van der Waals surface area contributed by atoms with Gasteiger partial charge in [-0.05, 0) is 98.5 Å². The fourth-order valence-electron chi connectivity index (χ4n) is 5.74. The van der Waals surface area contributed by atoms with Crippen LogP contribution in [0.3, 0.4) is 0 Å². The van der Waals surface area contributed by atoms with Crippen LogP contribution in [-0.2, 0) is 33.8 Å². The van der Waals surface area contributed by atoms with Crippen molar-refractivity contribution in [2.75, 3.05) is 19.0 Å². The Balaban J connectivity index is 1.71. The van der Waals surface area contributed by atoms with Gasteiger partial charge in [-0.3, -0.25) is 0 Å². The summed E-state index contributed by atoms with van der Waals surface area (Å²) in [6.45, 7) is 11.4. The number of carbonyl (C=O) groups is 2. The molecule has 210 valence electrons. The Morgan fingerprint density at radius 2 is 1.85 bits per heavy atom. The van der Waals surface area contributed by atoms with Gasteiger partial charge in [-0.2, -0.15) is 0 Å². The van der Waals surface area contributed by atoms with E-state index in [2.05, 4.69) is 24.4 Å². The van der Waals surface area contributed by atoms with Crippen LogP contribution in [0, 0.1) is 13.8 Å². The van der Waals surface area contributed by atoms with Gasteiger partial charge in [0.25, 0.3) is 0 Å². The number of hydrogen-bond donors (Lipinski definition) is 1. The third-order valence-corrected chi connectivity index (χ3v) is 7.61. The van der Waals surface area contributed by atoms with Gasteiger partial charge >= 0.3 is 12.0 Å². The van der Waals surface area contributed by atoms with E-state index in [0.717, 1.165) is 69.8 Å². The van der Waals surface area contributed by atoms with Gasteiger partial charge in [0, 0.05) is 12.1 Å². The van der Waals surface area contributed by atoms with E-state index in [9.17, 15) is 9.59 Å². The number of aryl methyl sites for hydroxylation is 1. The zero-order valence-electron chi connectivity index (χ0n) is 24.2. The van der Waals surface area contributed by atoms with E-state index < -0.39 is 17.7 Å². The Labute approximate surface area is 236 Å². The van der Waals surface area contributed by atoms with Crippen LogP contribution < -0.4 is 10.1 Å². The lowest BCUT2D eigenvalue weighted by molar-refractivity contribution is -0.164. The third-order valence-electron chi connectivity index (χ3n) is 7.61. The van der Waals surface area contributed by atoms with Crippen molar-refractivity contribution in [2.24, 2.45) is 0 Å². The topological polar surface area (TPSA) is 77.1 Å². The second-order valence-electron chi connectivity index (χ2n) is 11.6. The predicted octanol–water partition coefficient (Wildman–Crippen LogP) is 6.87. The maximum atomic E-state index is 13.3. The van der Waals surface area contributed by atoms with Crippen molar-refractivity contribution >= 4 is 17.7 Å². The second kappa shape index (κ2) is 11.0. The number of methoxy groups -OCH3 is 1. The molecule has 2 aliphatic heterocycles. The number of amides is 2. The average Bonchev–Trinajstić information content (AvgIpc) is 2.94. The van der Waals surface area contributed by atoms with Crippen molar-refractivity contribution in [3.05, 3.63) is 81.9 Å². The van der Waals surface area contributed by atoms with Crippen LogP contribution in [0.4, 0.5) is 10.5 Å². The summed E-state index contributed by atoms with van der Waals surface area (Å²) >= 11 is 0. The van der Waals surface area contributed by atoms with Gasteiger partial charge in [0.2, 0.25) is 0 Å². The maximum Gasteiger partial charge on any atom is 0.339 e. The van der Waals surface area contributed by atoms with Crippen LogP contribution in [0.2, 0.25) is 0 Å². The Morgan fingerprint density at radius 3 is 2.55 bits per heavy atom. The number of esters is 1. The maximum absolute atomic E-state index is 13.3. The Bertz CT molecular complexity index is 1440. The molecule has 0 aromatic heterocycles. The molecule has 0 fully saturated rings. The average molecular weight is 543 g/mol. The molecule has 0 radical (unpaired) electrons. The summed E-state index contributed by atoms with van der Waals surface area (Å²) in [4.78, 5) is 28.4. The molecule has 2 heterocycles. The largest absolute Gasteiger partial charge is 0.493 e. The number of rotatable bonds is 6. The van der Waals surface area contributed by atoms with Crippen molar-refractivity contribution in [1.29, 1.82) is 0 Å². The molecular formula is C33H38N2O5. The number of nitrogens with zero attached hydrogens (tertiary/aromatic N) is 1. The molecule has 5 rings (SSSR count). The first-order valence-electron chi connectivity index (χ1n) is 13.8. The van der Waals surface area contributed by atoms with Crippen molar-refractivity contribution < 1.29 is 23.8 Å². The number of urea groups is 1. The number of carbonyl (C=O) groups excluding carboxylic acids is 2. The molecule has 1 unspecified atom stereocenters. The SMILES string of the molecule is COC(=O)C(OC(C)(C)C)c1c(C)c2c(c(C)c1-c1ccc3c(c1)CCCO3)CN(Cc1ccccc1)C(=O)N2. The van der Waals surface area contributed by atoms with E-state index in [4.69, 9.17) is 14.2 Å². The number of fused-ring (bicyclic) bond motifs is 2. The molecular weight excluding hydrogens is 504 g/mol. The van der Waals surface area contributed by atoms with Crippen molar-refractivity contribution in [2.45, 2.75) is 72.3 Å². The van der Waals surface area contributed by atoms with Gasteiger partial charge in [-0.15, -0.1) is 0 Å². The molecule has 0 saturated heterocycles. The van der Waals surface area contributed by atoms with Gasteiger partial charge in [-0.25, -0.2) is 9.59 Å². The number of nitrogens with one attached hydrogen (secondary N) is 1. The van der Waals surface area contributed by atoms with Gasteiger partial charge in [-0.1, -0.05) is 36.4 Å². The smallest absolute Gasteiger partial charge is 0.339 e. The first-order chi connectivity index (χ1) is 19.1. The van der Waals surface area contributed by atoms with E-state index in [-0.39, 0.29) is 6.03 Å². The summed E-state index contributed by atoms with van der Waals surface area (Å²) in [7, 11) is 1.38. The van der Waals surface area contributed by atoms with E-state index in [1.54, 1.807) is 0 Å². The monoisotopic (exact) mass is 542 g/mol. The number of hydrogen-bond acceptors (Lipinski definition) is 5. The minimum Gasteiger partial charge on any atom is -0.493 e. The fraction of sp³-hybridized carbons (Fsp3) is 0.394. The summed E-state index contributed by atoms with van der Waals surface area (Å²) < 4.78 is 17.5.